The van der Waals surface area contributed by atoms with Crippen LogP contribution in [0.1, 0.15) is 19.1 Å². The third-order valence-corrected chi connectivity index (χ3v) is 4.58. The first-order valence-electron chi connectivity index (χ1n) is 8.53. The Kier molecular flexibility index (Phi) is 5.94. The van der Waals surface area contributed by atoms with E-state index in [9.17, 15) is 20.2 Å². The Labute approximate surface area is 154 Å². The SMILES string of the molecule is CN(CCCC(=O)[NH2+][O-])CC1OC(n2cnc3c(N)ncnc32)[C@H](O)[C@@H]1O. The van der Waals surface area contributed by atoms with Crippen LogP contribution in [0.5, 0.6) is 0 Å². The van der Waals surface area contributed by atoms with E-state index in [-0.39, 0.29) is 12.2 Å². The van der Waals surface area contributed by atoms with E-state index in [1.54, 1.807) is 0 Å². The number of quaternary nitrogens is 1. The number of amides is 1. The van der Waals surface area contributed by atoms with Gasteiger partial charge in [0.1, 0.15) is 30.2 Å². The van der Waals surface area contributed by atoms with Gasteiger partial charge in [0.05, 0.1) is 12.7 Å². The Hall–Kier alpha value is -2.22. The Morgan fingerprint density at radius 1 is 1.41 bits per heavy atom. The van der Waals surface area contributed by atoms with Crippen LogP contribution in [0.3, 0.4) is 0 Å². The zero-order chi connectivity index (χ0) is 19.6. The van der Waals surface area contributed by atoms with E-state index in [2.05, 4.69) is 15.0 Å². The van der Waals surface area contributed by atoms with Crippen LogP contribution in [0.2, 0.25) is 0 Å². The van der Waals surface area contributed by atoms with Gasteiger partial charge in [-0.1, -0.05) is 0 Å². The molecule has 4 atom stereocenters. The highest BCUT2D eigenvalue weighted by Crippen LogP contribution is 2.32. The minimum absolute atomic E-state index is 0.176. The molecule has 6 N–H and O–H groups in total. The minimum Gasteiger partial charge on any atom is -0.628 e. The summed E-state index contributed by atoms with van der Waals surface area (Å²) in [5.41, 5.74) is 6.88. The maximum Gasteiger partial charge on any atom is 0.310 e. The molecular weight excluding hydrogens is 358 g/mol. The first-order chi connectivity index (χ1) is 12.9. The van der Waals surface area contributed by atoms with Crippen LogP contribution < -0.4 is 11.2 Å². The molecule has 0 bridgehead atoms. The molecule has 3 heterocycles. The van der Waals surface area contributed by atoms with E-state index in [1.807, 2.05) is 11.9 Å². The molecule has 0 saturated carbocycles. The number of hydrogen-bond acceptors (Lipinski definition) is 10. The van der Waals surface area contributed by atoms with Crippen molar-refractivity contribution in [2.24, 2.45) is 0 Å². The maximum absolute atomic E-state index is 11.0. The molecule has 12 nitrogen and oxygen atoms in total. The fourth-order valence-corrected chi connectivity index (χ4v) is 3.15. The molecule has 1 saturated heterocycles. The van der Waals surface area contributed by atoms with E-state index in [0.717, 1.165) is 0 Å². The van der Waals surface area contributed by atoms with Gasteiger partial charge in [-0.25, -0.2) is 19.7 Å². The lowest BCUT2D eigenvalue weighted by atomic mass is 10.1. The third kappa shape index (κ3) is 4.05. The van der Waals surface area contributed by atoms with Gasteiger partial charge in [0.25, 0.3) is 0 Å². The fraction of sp³-hybridized carbons (Fsp3) is 0.600. The number of imidazole rings is 1. The van der Waals surface area contributed by atoms with E-state index in [1.165, 1.54) is 17.2 Å². The summed E-state index contributed by atoms with van der Waals surface area (Å²) in [6, 6.07) is 0. The van der Waals surface area contributed by atoms with Crippen LogP contribution in [0.25, 0.3) is 11.2 Å². The molecule has 1 fully saturated rings. The second-order valence-electron chi connectivity index (χ2n) is 6.58. The topological polar surface area (TPSA) is 179 Å². The van der Waals surface area contributed by atoms with Gasteiger partial charge in [-0.05, 0) is 20.0 Å². The minimum atomic E-state index is -1.17. The zero-order valence-electron chi connectivity index (χ0n) is 14.8. The summed E-state index contributed by atoms with van der Waals surface area (Å²) in [4.78, 5) is 25.0. The van der Waals surface area contributed by atoms with Crippen molar-refractivity contribution in [2.45, 2.75) is 37.4 Å². The number of nitrogens with two attached hydrogens (primary N) is 2. The van der Waals surface area contributed by atoms with Gasteiger partial charge in [-0.3, -0.25) is 4.57 Å². The zero-order valence-corrected chi connectivity index (χ0v) is 14.8. The van der Waals surface area contributed by atoms with E-state index < -0.39 is 30.4 Å². The highest BCUT2D eigenvalue weighted by molar-refractivity contribution is 5.81. The van der Waals surface area contributed by atoms with Crippen molar-refractivity contribution in [1.29, 1.82) is 0 Å². The summed E-state index contributed by atoms with van der Waals surface area (Å²) in [5.74, 6) is -0.225. The van der Waals surface area contributed by atoms with Crippen molar-refractivity contribution in [1.82, 2.24) is 24.4 Å². The second-order valence-corrected chi connectivity index (χ2v) is 6.58. The molecule has 0 radical (unpaired) electrons. The predicted molar refractivity (Wildman–Crippen MR) is 92.7 cm³/mol. The summed E-state index contributed by atoms with van der Waals surface area (Å²) in [7, 11) is 1.81. The summed E-state index contributed by atoms with van der Waals surface area (Å²) in [6.45, 7) is 0.887. The molecule has 2 unspecified atom stereocenters. The largest absolute Gasteiger partial charge is 0.628 e. The van der Waals surface area contributed by atoms with Crippen molar-refractivity contribution in [2.75, 3.05) is 25.9 Å². The number of aliphatic hydroxyl groups excluding tert-OH is 2. The van der Waals surface area contributed by atoms with Crippen molar-refractivity contribution in [3.05, 3.63) is 17.9 Å². The fourth-order valence-electron chi connectivity index (χ4n) is 3.15. The highest BCUT2D eigenvalue weighted by atomic mass is 16.6. The monoisotopic (exact) mass is 381 g/mol. The summed E-state index contributed by atoms with van der Waals surface area (Å²) in [5, 5.41) is 31.1. The maximum atomic E-state index is 11.0. The number of nitrogens with zero attached hydrogens (tertiary/aromatic N) is 5. The molecule has 27 heavy (non-hydrogen) atoms. The first kappa shape index (κ1) is 19.5. The van der Waals surface area contributed by atoms with Gasteiger partial charge >= 0.3 is 5.91 Å². The van der Waals surface area contributed by atoms with Crippen LogP contribution >= 0.6 is 0 Å². The normalized spacial score (nSPS) is 25.5. The van der Waals surface area contributed by atoms with E-state index in [4.69, 9.17) is 10.5 Å². The molecular formula is C15H23N7O5. The number of hydrogen-bond donors (Lipinski definition) is 4. The lowest BCUT2D eigenvalue weighted by Crippen LogP contribution is -2.81. The van der Waals surface area contributed by atoms with Gasteiger partial charge in [0.2, 0.25) is 0 Å². The number of aliphatic hydroxyl groups is 2. The number of carbonyl (C=O) groups is 1. The van der Waals surface area contributed by atoms with Crippen LogP contribution in [0, 0.1) is 5.21 Å². The highest BCUT2D eigenvalue weighted by Gasteiger charge is 2.44. The molecule has 3 rings (SSSR count). The molecule has 0 spiro atoms. The number of rotatable bonds is 7. The van der Waals surface area contributed by atoms with Crippen LogP contribution in [0.4, 0.5) is 5.82 Å². The summed E-state index contributed by atoms with van der Waals surface area (Å²) < 4.78 is 7.37. The summed E-state index contributed by atoms with van der Waals surface area (Å²) in [6.07, 6.45) is -0.366. The molecule has 2 aromatic heterocycles. The third-order valence-electron chi connectivity index (χ3n) is 4.58. The molecule has 0 aliphatic carbocycles. The molecule has 0 aromatic carbocycles. The predicted octanol–water partition coefficient (Wildman–Crippen LogP) is -2.67. The standard InChI is InChI=1S/C15H23N7O5/c1-21(4-2-3-9(23)20-26)5-8-11(24)12(25)15(27-8)22-7-19-10-13(16)17-6-18-14(10)22/h6-8,11-12,15,24-25H,2-5,20H2,1H3,(H2,16,17,18)/t8?,11-,12-,15?/m1/s1. The van der Waals surface area contributed by atoms with Crippen molar-refractivity contribution in [3.8, 4) is 0 Å². The number of aromatic nitrogens is 4. The van der Waals surface area contributed by atoms with Gasteiger partial charge in [-0.2, -0.15) is 0 Å². The number of primary amides is 1. The summed E-state index contributed by atoms with van der Waals surface area (Å²) >= 11 is 0. The van der Waals surface area contributed by atoms with Crippen molar-refractivity contribution < 1.29 is 25.2 Å². The Bertz CT molecular complexity index is 800. The number of ether oxygens (including phenoxy) is 1. The first-order valence-corrected chi connectivity index (χ1v) is 8.53. The molecule has 1 amide bonds. The van der Waals surface area contributed by atoms with Gasteiger partial charge in [0.15, 0.2) is 17.7 Å². The van der Waals surface area contributed by atoms with Gasteiger partial charge in [0, 0.05) is 6.54 Å². The van der Waals surface area contributed by atoms with Crippen LogP contribution in [0.15, 0.2) is 12.7 Å². The van der Waals surface area contributed by atoms with Gasteiger partial charge < -0.3 is 36.3 Å². The Morgan fingerprint density at radius 2 is 2.19 bits per heavy atom. The molecule has 1 aliphatic heterocycles. The van der Waals surface area contributed by atoms with E-state index >= 15 is 0 Å². The molecule has 12 heteroatoms. The molecule has 2 aromatic rings. The number of carbonyl (C=O) groups excluding carboxylic acids is 1. The lowest BCUT2D eigenvalue weighted by Gasteiger charge is -2.22. The van der Waals surface area contributed by atoms with Crippen molar-refractivity contribution >= 4 is 22.9 Å². The molecule has 148 valence electrons. The number of anilines is 1. The van der Waals surface area contributed by atoms with Crippen molar-refractivity contribution in [3.63, 3.8) is 0 Å². The number of nitrogen functional groups attached to an aromatic ring is 1. The average molecular weight is 381 g/mol. The average Bonchev–Trinajstić information content (AvgIpc) is 3.19. The second kappa shape index (κ2) is 8.21. The number of hydroxylamine groups is 1. The lowest BCUT2D eigenvalue weighted by molar-refractivity contribution is -0.500. The smallest absolute Gasteiger partial charge is 0.310 e. The number of fused-ring (bicyclic) bond motifs is 1. The van der Waals surface area contributed by atoms with Gasteiger partial charge in [-0.15, -0.1) is 0 Å². The van der Waals surface area contributed by atoms with E-state index in [0.29, 0.717) is 36.2 Å². The van der Waals surface area contributed by atoms with Crippen LogP contribution in [-0.4, -0.2) is 79.0 Å². The quantitative estimate of drug-likeness (QED) is 0.369. The Balaban J connectivity index is 1.65. The Morgan fingerprint density at radius 3 is 2.93 bits per heavy atom. The number of likely N-dealkylation sites (N-methyl/N-ethyl adjacent to an activating group) is 1. The molecule has 1 aliphatic rings. The van der Waals surface area contributed by atoms with Crippen LogP contribution in [-0.2, 0) is 9.53 Å².